The van der Waals surface area contributed by atoms with Gasteiger partial charge in [-0.1, -0.05) is 66.1 Å². The SMILES string of the molecule is Cc1c(COc2ccc(CN3CCCCC3C(=O)NCCCN=[N+]=[N-])cc2Br)cccc1-c1ccccc1. The van der Waals surface area contributed by atoms with Crippen LogP contribution in [-0.2, 0) is 17.9 Å². The fourth-order valence-electron chi connectivity index (χ4n) is 4.92. The van der Waals surface area contributed by atoms with Gasteiger partial charge in [0.25, 0.3) is 0 Å². The summed E-state index contributed by atoms with van der Waals surface area (Å²) in [5.41, 5.74) is 14.3. The molecular weight excluding hydrogens is 542 g/mol. The standard InChI is InChI=1S/C30H34BrN5O2/c1-22-25(11-7-12-26(22)24-9-3-2-4-10-24)21-38-29-15-14-23(19-27(29)31)20-36-18-6-5-13-28(36)30(37)33-16-8-17-34-35-32/h2-4,7,9-12,14-15,19,28H,5-6,8,13,16-18,20-21H2,1H3,(H,33,37). The first kappa shape index (κ1) is 27.7. The van der Waals surface area contributed by atoms with Gasteiger partial charge in [-0.25, -0.2) is 0 Å². The molecule has 198 valence electrons. The molecule has 1 N–H and O–H groups in total. The summed E-state index contributed by atoms with van der Waals surface area (Å²) >= 11 is 3.70. The molecule has 1 atom stereocenters. The molecule has 0 aliphatic carbocycles. The molecule has 0 aromatic heterocycles. The second-order valence-electron chi connectivity index (χ2n) is 9.59. The predicted molar refractivity (Wildman–Crippen MR) is 155 cm³/mol. The van der Waals surface area contributed by atoms with Crippen molar-refractivity contribution in [2.45, 2.75) is 51.8 Å². The summed E-state index contributed by atoms with van der Waals surface area (Å²) < 4.78 is 7.12. The zero-order valence-corrected chi connectivity index (χ0v) is 23.4. The molecule has 1 heterocycles. The smallest absolute Gasteiger partial charge is 0.237 e. The molecule has 38 heavy (non-hydrogen) atoms. The summed E-state index contributed by atoms with van der Waals surface area (Å²) in [7, 11) is 0. The summed E-state index contributed by atoms with van der Waals surface area (Å²) in [5.74, 6) is 0.851. The molecule has 0 saturated carbocycles. The lowest BCUT2D eigenvalue weighted by atomic mass is 9.97. The fourth-order valence-corrected chi connectivity index (χ4v) is 5.46. The van der Waals surface area contributed by atoms with Gasteiger partial charge >= 0.3 is 0 Å². The van der Waals surface area contributed by atoms with Crippen molar-refractivity contribution in [1.29, 1.82) is 0 Å². The molecule has 8 heteroatoms. The van der Waals surface area contributed by atoms with E-state index < -0.39 is 0 Å². The van der Waals surface area contributed by atoms with Crippen LogP contribution in [0.15, 0.2) is 76.3 Å². The van der Waals surface area contributed by atoms with Gasteiger partial charge < -0.3 is 10.1 Å². The number of piperidine rings is 1. The predicted octanol–water partition coefficient (Wildman–Crippen LogP) is 7.17. The van der Waals surface area contributed by atoms with Gasteiger partial charge in [-0.3, -0.25) is 9.69 Å². The van der Waals surface area contributed by atoms with Gasteiger partial charge in [0.2, 0.25) is 5.91 Å². The number of hydrogen-bond acceptors (Lipinski definition) is 4. The van der Waals surface area contributed by atoms with Crippen molar-refractivity contribution in [2.24, 2.45) is 5.11 Å². The van der Waals surface area contributed by atoms with Crippen LogP contribution in [-0.4, -0.2) is 36.5 Å². The zero-order valence-electron chi connectivity index (χ0n) is 21.8. The van der Waals surface area contributed by atoms with E-state index in [1.807, 2.05) is 12.1 Å². The third kappa shape index (κ3) is 7.38. The number of carbonyl (C=O) groups excluding carboxylic acids is 1. The highest BCUT2D eigenvalue weighted by atomic mass is 79.9. The molecule has 0 spiro atoms. The number of ether oxygens (including phenoxy) is 1. The van der Waals surface area contributed by atoms with Crippen molar-refractivity contribution >= 4 is 21.8 Å². The number of rotatable bonds is 11. The summed E-state index contributed by atoms with van der Waals surface area (Å²) in [6, 6.07) is 22.8. The highest BCUT2D eigenvalue weighted by molar-refractivity contribution is 9.10. The van der Waals surface area contributed by atoms with Crippen molar-refractivity contribution in [1.82, 2.24) is 10.2 Å². The van der Waals surface area contributed by atoms with Crippen molar-refractivity contribution < 1.29 is 9.53 Å². The minimum Gasteiger partial charge on any atom is -0.488 e. The van der Waals surface area contributed by atoms with E-state index in [-0.39, 0.29) is 11.9 Å². The van der Waals surface area contributed by atoms with Crippen LogP contribution in [0.1, 0.15) is 42.4 Å². The molecule has 0 radical (unpaired) electrons. The Kier molecular flexibility index (Phi) is 10.2. The second kappa shape index (κ2) is 14.0. The van der Waals surface area contributed by atoms with Crippen LogP contribution in [0.4, 0.5) is 0 Å². The maximum Gasteiger partial charge on any atom is 0.237 e. The van der Waals surface area contributed by atoms with Crippen LogP contribution >= 0.6 is 15.9 Å². The van der Waals surface area contributed by atoms with Crippen LogP contribution in [0.2, 0.25) is 0 Å². The molecule has 7 nitrogen and oxygen atoms in total. The molecule has 1 amide bonds. The van der Waals surface area contributed by atoms with Crippen molar-refractivity contribution in [2.75, 3.05) is 19.6 Å². The molecule has 4 rings (SSSR count). The number of benzene rings is 3. The lowest BCUT2D eigenvalue weighted by Crippen LogP contribution is -2.49. The van der Waals surface area contributed by atoms with E-state index in [0.717, 1.165) is 47.2 Å². The Morgan fingerprint density at radius 1 is 1.16 bits per heavy atom. The average molecular weight is 577 g/mol. The molecule has 1 saturated heterocycles. The van der Waals surface area contributed by atoms with Crippen molar-refractivity contribution in [3.05, 3.63) is 98.3 Å². The van der Waals surface area contributed by atoms with Crippen LogP contribution < -0.4 is 10.1 Å². The topological polar surface area (TPSA) is 90.3 Å². The van der Waals surface area contributed by atoms with Gasteiger partial charge in [-0.2, -0.15) is 0 Å². The highest BCUT2D eigenvalue weighted by Crippen LogP contribution is 2.30. The van der Waals surface area contributed by atoms with Gasteiger partial charge in [0.05, 0.1) is 10.5 Å². The first-order chi connectivity index (χ1) is 18.6. The van der Waals surface area contributed by atoms with Gasteiger partial charge in [0, 0.05) is 24.5 Å². The van der Waals surface area contributed by atoms with E-state index >= 15 is 0 Å². The van der Waals surface area contributed by atoms with E-state index in [2.05, 4.69) is 97.7 Å². The zero-order chi connectivity index (χ0) is 26.7. The number of nitrogens with zero attached hydrogens (tertiary/aromatic N) is 4. The number of likely N-dealkylation sites (tertiary alicyclic amines) is 1. The minimum atomic E-state index is -0.141. The first-order valence-corrected chi connectivity index (χ1v) is 13.9. The van der Waals surface area contributed by atoms with Crippen LogP contribution in [0.5, 0.6) is 5.75 Å². The largest absolute Gasteiger partial charge is 0.488 e. The van der Waals surface area contributed by atoms with Gasteiger partial charge in [0.15, 0.2) is 0 Å². The number of halogens is 1. The molecule has 0 bridgehead atoms. The minimum absolute atomic E-state index is 0.0535. The third-order valence-electron chi connectivity index (χ3n) is 7.01. The molecule has 3 aromatic rings. The summed E-state index contributed by atoms with van der Waals surface area (Å²) in [6.07, 6.45) is 3.64. The number of azide groups is 1. The fraction of sp³-hybridized carbons (Fsp3) is 0.367. The summed E-state index contributed by atoms with van der Waals surface area (Å²) in [4.78, 5) is 17.8. The Hall–Kier alpha value is -3.32. The van der Waals surface area contributed by atoms with Gasteiger partial charge in [-0.15, -0.1) is 0 Å². The van der Waals surface area contributed by atoms with Crippen LogP contribution in [0.3, 0.4) is 0 Å². The van der Waals surface area contributed by atoms with E-state index in [4.69, 9.17) is 10.3 Å². The van der Waals surface area contributed by atoms with Crippen molar-refractivity contribution in [3.63, 3.8) is 0 Å². The Morgan fingerprint density at radius 3 is 2.79 bits per heavy atom. The summed E-state index contributed by atoms with van der Waals surface area (Å²) in [5, 5.41) is 6.53. The van der Waals surface area contributed by atoms with E-state index in [0.29, 0.717) is 32.7 Å². The van der Waals surface area contributed by atoms with Gasteiger partial charge in [0.1, 0.15) is 12.4 Å². The Labute approximate surface area is 233 Å². The molecule has 3 aromatic carbocycles. The van der Waals surface area contributed by atoms with Crippen LogP contribution in [0.25, 0.3) is 21.6 Å². The normalized spacial score (nSPS) is 15.5. The van der Waals surface area contributed by atoms with E-state index in [1.54, 1.807) is 0 Å². The third-order valence-corrected chi connectivity index (χ3v) is 7.63. The van der Waals surface area contributed by atoms with E-state index in [9.17, 15) is 4.79 Å². The van der Waals surface area contributed by atoms with Crippen LogP contribution in [0, 0.1) is 6.92 Å². The quantitative estimate of drug-likeness (QED) is 0.114. The average Bonchev–Trinajstić information content (AvgIpc) is 2.94. The first-order valence-electron chi connectivity index (χ1n) is 13.1. The molecule has 1 aliphatic heterocycles. The summed E-state index contributed by atoms with van der Waals surface area (Å²) in [6.45, 7) is 5.14. The lowest BCUT2D eigenvalue weighted by molar-refractivity contribution is -0.127. The maximum atomic E-state index is 12.8. The second-order valence-corrected chi connectivity index (χ2v) is 10.4. The molecule has 1 fully saturated rings. The Balaban J connectivity index is 1.36. The molecule has 1 unspecified atom stereocenters. The Bertz CT molecular complexity index is 1280. The number of hydrogen-bond donors (Lipinski definition) is 1. The maximum absolute atomic E-state index is 12.8. The lowest BCUT2D eigenvalue weighted by Gasteiger charge is -2.34. The monoisotopic (exact) mass is 575 g/mol. The van der Waals surface area contributed by atoms with Crippen molar-refractivity contribution in [3.8, 4) is 16.9 Å². The van der Waals surface area contributed by atoms with E-state index in [1.165, 1.54) is 16.7 Å². The molecular formula is C30H34BrN5O2. The highest BCUT2D eigenvalue weighted by Gasteiger charge is 2.28. The molecule has 1 aliphatic rings. The number of nitrogens with one attached hydrogen (secondary N) is 1. The number of carbonyl (C=O) groups is 1. The van der Waals surface area contributed by atoms with Gasteiger partial charge in [-0.05, 0) is 94.1 Å². The number of amides is 1. The Morgan fingerprint density at radius 2 is 2.00 bits per heavy atom.